The van der Waals surface area contributed by atoms with Crippen molar-refractivity contribution in [2.24, 2.45) is 0 Å². The average Bonchev–Trinajstić information content (AvgIpc) is 2.82. The molecule has 1 N–H and O–H groups in total. The first-order valence-electron chi connectivity index (χ1n) is 10.9. The number of anilines is 1. The molecule has 0 fully saturated rings. The summed E-state index contributed by atoms with van der Waals surface area (Å²) in [6, 6.07) is 13.7. The monoisotopic (exact) mass is 427 g/mol. The summed E-state index contributed by atoms with van der Waals surface area (Å²) >= 11 is 0. The summed E-state index contributed by atoms with van der Waals surface area (Å²) in [7, 11) is 1.83. The fourth-order valence-electron chi connectivity index (χ4n) is 2.94. The summed E-state index contributed by atoms with van der Waals surface area (Å²) in [6.07, 6.45) is 4.75. The molecule has 0 spiro atoms. The van der Waals surface area contributed by atoms with E-state index in [1.54, 1.807) is 36.4 Å². The van der Waals surface area contributed by atoms with Crippen molar-refractivity contribution < 1.29 is 23.8 Å². The van der Waals surface area contributed by atoms with Gasteiger partial charge in [-0.1, -0.05) is 38.3 Å². The fraction of sp³-hybridized carbons (Fsp3) is 0.440. The van der Waals surface area contributed by atoms with Gasteiger partial charge in [-0.3, -0.25) is 4.79 Å². The molecule has 0 saturated heterocycles. The predicted molar refractivity (Wildman–Crippen MR) is 122 cm³/mol. The van der Waals surface area contributed by atoms with Gasteiger partial charge in [-0.05, 0) is 42.8 Å². The summed E-state index contributed by atoms with van der Waals surface area (Å²) in [5, 5.41) is 3.02. The Morgan fingerprint density at radius 3 is 1.87 bits per heavy atom. The van der Waals surface area contributed by atoms with E-state index in [0.29, 0.717) is 36.5 Å². The van der Waals surface area contributed by atoms with Crippen LogP contribution in [-0.2, 0) is 14.2 Å². The Morgan fingerprint density at radius 1 is 0.710 bits per heavy atom. The molecule has 0 aromatic heterocycles. The van der Waals surface area contributed by atoms with E-state index < -0.39 is 5.97 Å². The minimum Gasteiger partial charge on any atom is -0.460 e. The number of ketones is 1. The Kier molecular flexibility index (Phi) is 11.4. The highest BCUT2D eigenvalue weighted by Crippen LogP contribution is 2.14. The molecule has 6 heteroatoms. The van der Waals surface area contributed by atoms with Crippen molar-refractivity contribution in [2.45, 2.75) is 32.6 Å². The third kappa shape index (κ3) is 8.90. The SMILES string of the molecule is CCCCCCOCCOCCOC(=O)c1ccc(C(=O)c2ccc(NC)cc2)cc1. The molecule has 0 aliphatic rings. The number of carbonyl (C=O) groups is 2. The number of unbranched alkanes of at least 4 members (excludes halogenated alkanes) is 3. The van der Waals surface area contributed by atoms with Gasteiger partial charge in [0.2, 0.25) is 0 Å². The number of nitrogens with one attached hydrogen (secondary N) is 1. The summed E-state index contributed by atoms with van der Waals surface area (Å²) in [4.78, 5) is 24.7. The molecule has 0 bridgehead atoms. The van der Waals surface area contributed by atoms with Crippen LogP contribution in [0.15, 0.2) is 48.5 Å². The maximum atomic E-state index is 12.5. The lowest BCUT2D eigenvalue weighted by atomic mass is 10.0. The molecule has 0 atom stereocenters. The minimum atomic E-state index is -0.437. The number of rotatable bonds is 15. The number of esters is 1. The molecular formula is C25H33NO5. The second kappa shape index (κ2) is 14.3. The van der Waals surface area contributed by atoms with E-state index in [9.17, 15) is 9.59 Å². The molecule has 168 valence electrons. The first-order valence-corrected chi connectivity index (χ1v) is 10.9. The smallest absolute Gasteiger partial charge is 0.338 e. The van der Waals surface area contributed by atoms with E-state index in [-0.39, 0.29) is 12.4 Å². The molecular weight excluding hydrogens is 394 g/mol. The zero-order valence-corrected chi connectivity index (χ0v) is 18.5. The normalized spacial score (nSPS) is 10.6. The van der Waals surface area contributed by atoms with E-state index in [1.807, 2.05) is 19.2 Å². The first-order chi connectivity index (χ1) is 15.2. The number of ether oxygens (including phenoxy) is 3. The lowest BCUT2D eigenvalue weighted by Gasteiger charge is -2.08. The maximum absolute atomic E-state index is 12.5. The molecule has 0 aliphatic heterocycles. The van der Waals surface area contributed by atoms with Crippen LogP contribution in [0.4, 0.5) is 5.69 Å². The second-order valence-electron chi connectivity index (χ2n) is 7.16. The highest BCUT2D eigenvalue weighted by atomic mass is 16.6. The molecule has 0 saturated carbocycles. The van der Waals surface area contributed by atoms with E-state index in [1.165, 1.54) is 19.3 Å². The third-order valence-electron chi connectivity index (χ3n) is 4.79. The van der Waals surface area contributed by atoms with Crippen LogP contribution in [0.2, 0.25) is 0 Å². The molecule has 0 amide bonds. The lowest BCUT2D eigenvalue weighted by Crippen LogP contribution is -2.13. The van der Waals surface area contributed by atoms with Crippen molar-refractivity contribution in [3.63, 3.8) is 0 Å². The second-order valence-corrected chi connectivity index (χ2v) is 7.16. The van der Waals surface area contributed by atoms with Crippen molar-refractivity contribution in [3.8, 4) is 0 Å². The molecule has 2 aromatic rings. The van der Waals surface area contributed by atoms with Crippen LogP contribution in [0.5, 0.6) is 0 Å². The minimum absolute atomic E-state index is 0.0939. The largest absolute Gasteiger partial charge is 0.460 e. The Morgan fingerprint density at radius 2 is 1.26 bits per heavy atom. The molecule has 2 aromatic carbocycles. The summed E-state index contributed by atoms with van der Waals surface area (Å²) < 4.78 is 16.1. The Labute approximate surface area is 184 Å². The molecule has 6 nitrogen and oxygen atoms in total. The van der Waals surface area contributed by atoms with Crippen LogP contribution in [-0.4, -0.2) is 51.8 Å². The average molecular weight is 428 g/mol. The zero-order chi connectivity index (χ0) is 22.3. The van der Waals surface area contributed by atoms with Gasteiger partial charge in [0.15, 0.2) is 5.78 Å². The van der Waals surface area contributed by atoms with E-state index in [0.717, 1.165) is 18.7 Å². The Hall–Kier alpha value is -2.70. The molecule has 0 unspecified atom stereocenters. The van der Waals surface area contributed by atoms with Gasteiger partial charge >= 0.3 is 5.97 Å². The van der Waals surface area contributed by atoms with Crippen molar-refractivity contribution in [2.75, 3.05) is 45.4 Å². The zero-order valence-electron chi connectivity index (χ0n) is 18.5. The van der Waals surface area contributed by atoms with Crippen LogP contribution in [0.3, 0.4) is 0 Å². The summed E-state index contributed by atoms with van der Waals surface area (Å²) in [5.41, 5.74) is 2.45. The van der Waals surface area contributed by atoms with Gasteiger partial charge in [-0.25, -0.2) is 4.79 Å². The van der Waals surface area contributed by atoms with Gasteiger partial charge in [-0.2, -0.15) is 0 Å². The highest BCUT2D eigenvalue weighted by molar-refractivity contribution is 6.09. The third-order valence-corrected chi connectivity index (χ3v) is 4.79. The first kappa shape index (κ1) is 24.6. The van der Waals surface area contributed by atoms with Crippen LogP contribution >= 0.6 is 0 Å². The number of hydrogen-bond acceptors (Lipinski definition) is 6. The van der Waals surface area contributed by atoms with Crippen molar-refractivity contribution in [1.82, 2.24) is 0 Å². The molecule has 0 radical (unpaired) electrons. The number of carbonyl (C=O) groups excluding carboxylic acids is 2. The van der Waals surface area contributed by atoms with Gasteiger partial charge in [0.1, 0.15) is 6.61 Å². The van der Waals surface area contributed by atoms with E-state index in [4.69, 9.17) is 14.2 Å². The van der Waals surface area contributed by atoms with Crippen molar-refractivity contribution in [3.05, 3.63) is 65.2 Å². The molecule has 0 heterocycles. The van der Waals surface area contributed by atoms with Gasteiger partial charge in [0.05, 0.1) is 25.4 Å². The van der Waals surface area contributed by atoms with Gasteiger partial charge in [-0.15, -0.1) is 0 Å². The standard InChI is InChI=1S/C25H33NO5/c1-3-4-5-6-15-29-16-17-30-18-19-31-25(28)22-9-7-20(8-10-22)24(27)21-11-13-23(26-2)14-12-21/h7-14,26H,3-6,15-19H2,1-2H3. The Balaban J connectivity index is 1.64. The van der Waals surface area contributed by atoms with E-state index >= 15 is 0 Å². The van der Waals surface area contributed by atoms with E-state index in [2.05, 4.69) is 12.2 Å². The summed E-state index contributed by atoms with van der Waals surface area (Å²) in [5.74, 6) is -0.531. The topological polar surface area (TPSA) is 73.9 Å². The maximum Gasteiger partial charge on any atom is 0.338 e. The number of benzene rings is 2. The van der Waals surface area contributed by atoms with Crippen LogP contribution in [0.1, 0.15) is 58.9 Å². The van der Waals surface area contributed by atoms with Gasteiger partial charge in [0, 0.05) is 30.5 Å². The Bertz CT molecular complexity index is 787. The van der Waals surface area contributed by atoms with Gasteiger partial charge in [0.25, 0.3) is 0 Å². The van der Waals surface area contributed by atoms with Crippen molar-refractivity contribution >= 4 is 17.4 Å². The molecule has 0 aliphatic carbocycles. The predicted octanol–water partition coefficient (Wildman–Crippen LogP) is 4.73. The fourth-order valence-corrected chi connectivity index (χ4v) is 2.94. The van der Waals surface area contributed by atoms with Crippen LogP contribution < -0.4 is 5.32 Å². The quantitative estimate of drug-likeness (QED) is 0.252. The van der Waals surface area contributed by atoms with Gasteiger partial charge < -0.3 is 19.5 Å². The highest BCUT2D eigenvalue weighted by Gasteiger charge is 2.12. The van der Waals surface area contributed by atoms with Crippen molar-refractivity contribution in [1.29, 1.82) is 0 Å². The number of hydrogen-bond donors (Lipinski definition) is 1. The lowest BCUT2D eigenvalue weighted by molar-refractivity contribution is 0.0141. The summed E-state index contributed by atoms with van der Waals surface area (Å²) in [6.45, 7) is 4.48. The molecule has 2 rings (SSSR count). The molecule has 31 heavy (non-hydrogen) atoms. The van der Waals surface area contributed by atoms with Crippen LogP contribution in [0.25, 0.3) is 0 Å². The van der Waals surface area contributed by atoms with Crippen LogP contribution in [0, 0.1) is 0 Å².